The predicted molar refractivity (Wildman–Crippen MR) is 72.8 cm³/mol. The Morgan fingerprint density at radius 1 is 1.30 bits per heavy atom. The first-order valence-electron chi connectivity index (χ1n) is 6.61. The fourth-order valence-electron chi connectivity index (χ4n) is 1.79. The highest BCUT2D eigenvalue weighted by molar-refractivity contribution is 5.85. The van der Waals surface area contributed by atoms with E-state index in [4.69, 9.17) is 10.8 Å². The number of ether oxygens (including phenoxy) is 1. The Morgan fingerprint density at radius 2 is 1.90 bits per heavy atom. The molecule has 0 fully saturated rings. The van der Waals surface area contributed by atoms with Crippen LogP contribution in [0.1, 0.15) is 33.1 Å². The molecule has 0 radical (unpaired) electrons. The summed E-state index contributed by atoms with van der Waals surface area (Å²) in [6.45, 7) is 4.08. The monoisotopic (exact) mass is 288 g/mol. The van der Waals surface area contributed by atoms with Gasteiger partial charge in [-0.15, -0.1) is 0 Å². The van der Waals surface area contributed by atoms with E-state index in [1.807, 2.05) is 13.8 Å². The Kier molecular flexibility index (Phi) is 8.54. The van der Waals surface area contributed by atoms with Gasteiger partial charge < -0.3 is 20.9 Å². The molecule has 20 heavy (non-hydrogen) atoms. The third-order valence-electron chi connectivity index (χ3n) is 2.89. The Hall–Kier alpha value is -1.63. The number of nitrogens with two attached hydrogens (primary N) is 1. The van der Waals surface area contributed by atoms with Gasteiger partial charge in [0.15, 0.2) is 0 Å². The van der Waals surface area contributed by atoms with Crippen molar-refractivity contribution in [2.45, 2.75) is 39.2 Å². The molecule has 116 valence electrons. The average Bonchev–Trinajstić information content (AvgIpc) is 2.39. The van der Waals surface area contributed by atoms with Crippen molar-refractivity contribution in [3.63, 3.8) is 0 Å². The number of hydrogen-bond donors (Lipinski definition) is 3. The van der Waals surface area contributed by atoms with Gasteiger partial charge in [-0.25, -0.2) is 4.79 Å². The van der Waals surface area contributed by atoms with Gasteiger partial charge in [0.1, 0.15) is 6.04 Å². The van der Waals surface area contributed by atoms with Gasteiger partial charge in [0.05, 0.1) is 13.0 Å². The lowest BCUT2D eigenvalue weighted by atomic mass is 9.96. The molecule has 0 aliphatic carbocycles. The van der Waals surface area contributed by atoms with Crippen molar-refractivity contribution in [1.29, 1.82) is 0 Å². The predicted octanol–water partition coefficient (Wildman–Crippen LogP) is 0.130. The van der Waals surface area contributed by atoms with Crippen molar-refractivity contribution < 1.29 is 24.2 Å². The molecular formula is C13H24N2O5. The van der Waals surface area contributed by atoms with E-state index in [0.29, 0.717) is 6.42 Å². The second-order valence-electron chi connectivity index (χ2n) is 5.08. The molecule has 0 heterocycles. The molecule has 0 aliphatic rings. The van der Waals surface area contributed by atoms with Crippen molar-refractivity contribution >= 4 is 17.8 Å². The number of methoxy groups -OCH3 is 1. The number of carbonyl (C=O) groups excluding carboxylic acids is 2. The summed E-state index contributed by atoms with van der Waals surface area (Å²) in [5.41, 5.74) is 5.54. The molecule has 0 spiro atoms. The highest BCUT2D eigenvalue weighted by Crippen LogP contribution is 2.11. The van der Waals surface area contributed by atoms with Crippen LogP contribution in [0, 0.1) is 11.8 Å². The van der Waals surface area contributed by atoms with Crippen LogP contribution in [0.4, 0.5) is 0 Å². The molecule has 7 heteroatoms. The Balaban J connectivity index is 4.53. The average molecular weight is 288 g/mol. The lowest BCUT2D eigenvalue weighted by Crippen LogP contribution is -2.45. The first-order chi connectivity index (χ1) is 9.31. The van der Waals surface area contributed by atoms with E-state index in [1.54, 1.807) is 0 Å². The third-order valence-corrected chi connectivity index (χ3v) is 2.89. The minimum atomic E-state index is -1.18. The molecule has 0 aromatic rings. The smallest absolute Gasteiger partial charge is 0.326 e. The fraction of sp³-hybridized carbons (Fsp3) is 0.769. The molecule has 0 saturated carbocycles. The zero-order valence-electron chi connectivity index (χ0n) is 12.2. The molecule has 0 aromatic carbocycles. The summed E-state index contributed by atoms with van der Waals surface area (Å²) in [6, 6.07) is -1.11. The molecule has 0 aliphatic heterocycles. The summed E-state index contributed by atoms with van der Waals surface area (Å²) in [7, 11) is 1.23. The Morgan fingerprint density at radius 3 is 2.30 bits per heavy atom. The highest BCUT2D eigenvalue weighted by atomic mass is 16.5. The van der Waals surface area contributed by atoms with Crippen molar-refractivity contribution in [3.8, 4) is 0 Å². The summed E-state index contributed by atoms with van der Waals surface area (Å²) in [4.78, 5) is 34.1. The third kappa shape index (κ3) is 7.08. The summed E-state index contributed by atoms with van der Waals surface area (Å²) >= 11 is 0. The number of nitrogens with one attached hydrogen (secondary N) is 1. The van der Waals surface area contributed by atoms with Crippen molar-refractivity contribution in [2.24, 2.45) is 17.6 Å². The number of amides is 1. The van der Waals surface area contributed by atoms with Crippen LogP contribution < -0.4 is 11.1 Å². The van der Waals surface area contributed by atoms with Crippen LogP contribution in [0.15, 0.2) is 0 Å². The minimum absolute atomic E-state index is 0.00723. The van der Waals surface area contributed by atoms with Crippen LogP contribution in [0.5, 0.6) is 0 Å². The topological polar surface area (TPSA) is 119 Å². The summed E-state index contributed by atoms with van der Waals surface area (Å²) in [5.74, 6) is -2.22. The van der Waals surface area contributed by atoms with Crippen LogP contribution in [-0.2, 0) is 19.1 Å². The van der Waals surface area contributed by atoms with Crippen LogP contribution in [0.25, 0.3) is 0 Å². The number of esters is 1. The summed E-state index contributed by atoms with van der Waals surface area (Å²) in [6.07, 6.45) is 0.517. The molecule has 0 aromatic heterocycles. The molecule has 0 rings (SSSR count). The number of carboxylic acid groups (broad SMARTS) is 1. The first-order valence-corrected chi connectivity index (χ1v) is 6.61. The number of carboxylic acids is 1. The molecule has 1 unspecified atom stereocenters. The first kappa shape index (κ1) is 18.4. The van der Waals surface area contributed by atoms with Gasteiger partial charge in [-0.05, 0) is 18.8 Å². The van der Waals surface area contributed by atoms with E-state index >= 15 is 0 Å². The van der Waals surface area contributed by atoms with Crippen LogP contribution in [0.2, 0.25) is 0 Å². The standard InChI is InChI=1S/C13H24N2O5/c1-8(2)6-9(7-14)12(17)15-10(13(18)19)4-5-11(16)20-3/h8-10H,4-7,14H2,1-3H3,(H,15,17)(H,18,19)/t9?,10-/m1/s1. The van der Waals surface area contributed by atoms with Crippen molar-refractivity contribution in [2.75, 3.05) is 13.7 Å². The minimum Gasteiger partial charge on any atom is -0.480 e. The van der Waals surface area contributed by atoms with E-state index in [0.717, 1.165) is 0 Å². The van der Waals surface area contributed by atoms with Crippen molar-refractivity contribution in [3.05, 3.63) is 0 Å². The van der Waals surface area contributed by atoms with Gasteiger partial charge in [-0.3, -0.25) is 9.59 Å². The van der Waals surface area contributed by atoms with E-state index in [9.17, 15) is 14.4 Å². The second-order valence-corrected chi connectivity index (χ2v) is 5.08. The SMILES string of the molecule is COC(=O)CC[C@@H](NC(=O)C(CN)CC(C)C)C(=O)O. The number of carbonyl (C=O) groups is 3. The summed E-state index contributed by atoms with van der Waals surface area (Å²) < 4.78 is 4.44. The fourth-order valence-corrected chi connectivity index (χ4v) is 1.79. The van der Waals surface area contributed by atoms with Gasteiger partial charge in [0.2, 0.25) is 5.91 Å². The van der Waals surface area contributed by atoms with E-state index < -0.39 is 29.8 Å². The van der Waals surface area contributed by atoms with Gasteiger partial charge in [0, 0.05) is 13.0 Å². The van der Waals surface area contributed by atoms with E-state index in [1.165, 1.54) is 7.11 Å². The second kappa shape index (κ2) is 9.30. The highest BCUT2D eigenvalue weighted by Gasteiger charge is 2.25. The quantitative estimate of drug-likeness (QED) is 0.519. The Bertz CT molecular complexity index is 344. The van der Waals surface area contributed by atoms with Crippen LogP contribution in [-0.4, -0.2) is 42.6 Å². The number of hydrogen-bond acceptors (Lipinski definition) is 5. The lowest BCUT2D eigenvalue weighted by Gasteiger charge is -2.20. The largest absolute Gasteiger partial charge is 0.480 e. The normalized spacial score (nSPS) is 13.7. The van der Waals surface area contributed by atoms with E-state index in [-0.39, 0.29) is 25.3 Å². The molecule has 2 atom stereocenters. The van der Waals surface area contributed by atoms with Crippen molar-refractivity contribution in [1.82, 2.24) is 5.32 Å². The molecular weight excluding hydrogens is 264 g/mol. The molecule has 0 bridgehead atoms. The molecule has 0 saturated heterocycles. The van der Waals surface area contributed by atoms with Crippen LogP contribution in [0.3, 0.4) is 0 Å². The Labute approximate surface area is 118 Å². The molecule has 7 nitrogen and oxygen atoms in total. The van der Waals surface area contributed by atoms with E-state index in [2.05, 4.69) is 10.1 Å². The zero-order valence-corrected chi connectivity index (χ0v) is 12.2. The van der Waals surface area contributed by atoms with Gasteiger partial charge in [-0.1, -0.05) is 13.8 Å². The summed E-state index contributed by atoms with van der Waals surface area (Å²) in [5, 5.41) is 11.5. The maximum absolute atomic E-state index is 12.0. The maximum Gasteiger partial charge on any atom is 0.326 e. The van der Waals surface area contributed by atoms with Crippen LogP contribution >= 0.6 is 0 Å². The number of rotatable bonds is 9. The zero-order chi connectivity index (χ0) is 15.7. The van der Waals surface area contributed by atoms with Gasteiger partial charge in [0.25, 0.3) is 0 Å². The maximum atomic E-state index is 12.0. The number of aliphatic carboxylic acids is 1. The van der Waals surface area contributed by atoms with Gasteiger partial charge >= 0.3 is 11.9 Å². The van der Waals surface area contributed by atoms with Gasteiger partial charge in [-0.2, -0.15) is 0 Å². The molecule has 4 N–H and O–H groups in total. The lowest BCUT2D eigenvalue weighted by molar-refractivity contribution is -0.144. The molecule has 1 amide bonds.